The zero-order chi connectivity index (χ0) is 27.4. The monoisotopic (exact) mass is 548 g/mol. The molecule has 0 N–H and O–H groups in total. The molecule has 1 saturated heterocycles. The Balaban J connectivity index is 1.36. The second-order valence-corrected chi connectivity index (χ2v) is 10.2. The van der Waals surface area contributed by atoms with Gasteiger partial charge in [0.1, 0.15) is 22.9 Å². The first-order valence-electron chi connectivity index (χ1n) is 13.0. The van der Waals surface area contributed by atoms with Crippen molar-refractivity contribution in [1.82, 2.24) is 0 Å². The Labute approximate surface area is 217 Å². The molecule has 0 bridgehead atoms. The predicted octanol–water partition coefficient (Wildman–Crippen LogP) is 8.56. The maximum atomic E-state index is 14.7. The molecule has 10 heteroatoms. The molecule has 1 aliphatic heterocycles. The standard InChI is InChI=1S/C28H31F7O3/c1-2-3-4-5-16-6-8-17(9-7-16)19-14-36-27(37-15-19)18-10-21(29)25(22(30)11-18)28(34,35)38-20-12-23(31)26(33)24(32)13-20/h10-13,16-17,19,27H,2-9,14-15H2,1H3. The van der Waals surface area contributed by atoms with E-state index in [1.54, 1.807) is 0 Å². The van der Waals surface area contributed by atoms with E-state index in [0.717, 1.165) is 18.8 Å². The van der Waals surface area contributed by atoms with Crippen molar-refractivity contribution in [2.75, 3.05) is 13.2 Å². The fourth-order valence-corrected chi connectivity index (χ4v) is 5.41. The molecule has 0 aromatic heterocycles. The summed E-state index contributed by atoms with van der Waals surface area (Å²) in [5.41, 5.74) is -1.90. The van der Waals surface area contributed by atoms with Gasteiger partial charge in [0.15, 0.2) is 23.7 Å². The second kappa shape index (κ2) is 12.2. The van der Waals surface area contributed by atoms with E-state index in [4.69, 9.17) is 9.47 Å². The highest BCUT2D eigenvalue weighted by molar-refractivity contribution is 5.32. The summed E-state index contributed by atoms with van der Waals surface area (Å²) in [6.45, 7) is 2.83. The zero-order valence-electron chi connectivity index (χ0n) is 21.1. The van der Waals surface area contributed by atoms with Gasteiger partial charge in [-0.15, -0.1) is 0 Å². The minimum absolute atomic E-state index is 0.128. The SMILES string of the molecule is CCCCCC1CCC(C2COC(c3cc(F)c(C(F)(F)Oc4cc(F)c(F)c(F)c4)c(F)c3)OC2)CC1. The molecule has 0 amide bonds. The van der Waals surface area contributed by atoms with Crippen LogP contribution in [0.2, 0.25) is 0 Å². The molecule has 4 rings (SSSR count). The quantitative estimate of drug-likeness (QED) is 0.179. The number of hydrogen-bond donors (Lipinski definition) is 0. The van der Waals surface area contributed by atoms with Crippen LogP contribution in [0.25, 0.3) is 0 Å². The van der Waals surface area contributed by atoms with Gasteiger partial charge < -0.3 is 14.2 Å². The van der Waals surface area contributed by atoms with E-state index < -0.39 is 52.8 Å². The number of benzene rings is 2. The van der Waals surface area contributed by atoms with Crippen molar-refractivity contribution in [1.29, 1.82) is 0 Å². The Morgan fingerprint density at radius 2 is 1.37 bits per heavy atom. The number of hydrogen-bond acceptors (Lipinski definition) is 3. The van der Waals surface area contributed by atoms with Crippen molar-refractivity contribution in [2.24, 2.45) is 17.8 Å². The van der Waals surface area contributed by atoms with Gasteiger partial charge in [0.05, 0.1) is 13.2 Å². The molecule has 0 spiro atoms. The summed E-state index contributed by atoms with van der Waals surface area (Å²) in [5, 5.41) is 0. The maximum absolute atomic E-state index is 14.7. The lowest BCUT2D eigenvalue weighted by Gasteiger charge is -2.38. The predicted molar refractivity (Wildman–Crippen MR) is 125 cm³/mol. The van der Waals surface area contributed by atoms with E-state index in [-0.39, 0.29) is 23.6 Å². The first kappa shape index (κ1) is 28.7. The lowest BCUT2D eigenvalue weighted by atomic mass is 9.74. The molecule has 2 aliphatic rings. The van der Waals surface area contributed by atoms with E-state index in [1.165, 1.54) is 38.5 Å². The fourth-order valence-electron chi connectivity index (χ4n) is 5.41. The molecule has 2 fully saturated rings. The van der Waals surface area contributed by atoms with Gasteiger partial charge in [-0.2, -0.15) is 8.78 Å². The lowest BCUT2D eigenvalue weighted by molar-refractivity contribution is -0.215. The third-order valence-electron chi connectivity index (χ3n) is 7.53. The summed E-state index contributed by atoms with van der Waals surface area (Å²) in [5.74, 6) is -8.62. The van der Waals surface area contributed by atoms with Gasteiger partial charge >= 0.3 is 6.11 Å². The molecular formula is C28H31F7O3. The van der Waals surface area contributed by atoms with Crippen LogP contribution < -0.4 is 4.74 Å². The average molecular weight is 549 g/mol. The Morgan fingerprint density at radius 3 is 1.92 bits per heavy atom. The molecule has 1 heterocycles. The second-order valence-electron chi connectivity index (χ2n) is 10.2. The van der Waals surface area contributed by atoms with Gasteiger partial charge in [0.25, 0.3) is 0 Å². The van der Waals surface area contributed by atoms with E-state index in [1.807, 2.05) is 0 Å². The highest BCUT2D eigenvalue weighted by Crippen LogP contribution is 2.41. The normalized spacial score (nSPS) is 24.4. The zero-order valence-corrected chi connectivity index (χ0v) is 21.1. The summed E-state index contributed by atoms with van der Waals surface area (Å²) in [6.07, 6.45) is 3.68. The Kier molecular flexibility index (Phi) is 9.23. The fraction of sp³-hybridized carbons (Fsp3) is 0.571. The summed E-state index contributed by atoms with van der Waals surface area (Å²) in [6, 6.07) is 1.59. The first-order chi connectivity index (χ1) is 18.1. The van der Waals surface area contributed by atoms with Gasteiger partial charge in [-0.1, -0.05) is 45.4 Å². The third kappa shape index (κ3) is 6.62. The first-order valence-corrected chi connectivity index (χ1v) is 13.0. The van der Waals surface area contributed by atoms with Crippen LogP contribution in [0.5, 0.6) is 5.75 Å². The number of halogens is 7. The van der Waals surface area contributed by atoms with E-state index in [0.29, 0.717) is 31.3 Å². The van der Waals surface area contributed by atoms with Crippen molar-refractivity contribution < 1.29 is 44.9 Å². The average Bonchev–Trinajstić information content (AvgIpc) is 2.87. The smallest absolute Gasteiger partial charge is 0.429 e. The van der Waals surface area contributed by atoms with Crippen LogP contribution in [-0.2, 0) is 15.6 Å². The number of alkyl halides is 2. The summed E-state index contributed by atoms with van der Waals surface area (Å²) < 4.78 is 114. The Morgan fingerprint density at radius 1 is 0.789 bits per heavy atom. The van der Waals surface area contributed by atoms with Crippen molar-refractivity contribution in [2.45, 2.75) is 70.7 Å². The molecule has 1 aliphatic carbocycles. The van der Waals surface area contributed by atoms with Gasteiger partial charge in [-0.25, -0.2) is 22.0 Å². The highest BCUT2D eigenvalue weighted by atomic mass is 19.3. The topological polar surface area (TPSA) is 27.7 Å². The number of unbranched alkanes of at least 4 members (excludes halogenated alkanes) is 2. The van der Waals surface area contributed by atoms with Crippen LogP contribution in [0, 0.1) is 46.8 Å². The van der Waals surface area contributed by atoms with Gasteiger partial charge in [-0.3, -0.25) is 0 Å². The molecule has 0 atom stereocenters. The molecule has 2 aromatic carbocycles. The van der Waals surface area contributed by atoms with Crippen molar-refractivity contribution in [3.05, 3.63) is 64.5 Å². The van der Waals surface area contributed by atoms with Gasteiger partial charge in [-0.05, 0) is 36.8 Å². The van der Waals surface area contributed by atoms with Crippen molar-refractivity contribution in [3.63, 3.8) is 0 Å². The number of rotatable bonds is 9. The largest absolute Gasteiger partial charge is 0.432 e. The van der Waals surface area contributed by atoms with Crippen LogP contribution in [0.15, 0.2) is 24.3 Å². The lowest BCUT2D eigenvalue weighted by Crippen LogP contribution is -2.34. The maximum Gasteiger partial charge on any atom is 0.432 e. The van der Waals surface area contributed by atoms with Crippen molar-refractivity contribution >= 4 is 0 Å². The van der Waals surface area contributed by atoms with Crippen LogP contribution in [0.4, 0.5) is 30.7 Å². The van der Waals surface area contributed by atoms with E-state index in [2.05, 4.69) is 11.7 Å². The van der Waals surface area contributed by atoms with Crippen LogP contribution >= 0.6 is 0 Å². The number of ether oxygens (including phenoxy) is 3. The highest BCUT2D eigenvalue weighted by Gasteiger charge is 2.42. The Hall–Kier alpha value is -2.33. The van der Waals surface area contributed by atoms with Crippen LogP contribution in [0.3, 0.4) is 0 Å². The minimum atomic E-state index is -4.65. The molecule has 1 saturated carbocycles. The minimum Gasteiger partial charge on any atom is -0.429 e. The molecule has 210 valence electrons. The Bertz CT molecular complexity index is 1050. The van der Waals surface area contributed by atoms with Crippen LogP contribution in [0.1, 0.15) is 75.7 Å². The van der Waals surface area contributed by atoms with E-state index >= 15 is 0 Å². The van der Waals surface area contributed by atoms with Crippen molar-refractivity contribution in [3.8, 4) is 5.75 Å². The van der Waals surface area contributed by atoms with E-state index in [9.17, 15) is 30.7 Å². The summed E-state index contributed by atoms with van der Waals surface area (Å²) in [7, 11) is 0. The van der Waals surface area contributed by atoms with Crippen LogP contribution in [-0.4, -0.2) is 13.2 Å². The molecule has 0 radical (unpaired) electrons. The third-order valence-corrected chi connectivity index (χ3v) is 7.53. The summed E-state index contributed by atoms with van der Waals surface area (Å²) >= 11 is 0. The summed E-state index contributed by atoms with van der Waals surface area (Å²) in [4.78, 5) is 0. The molecule has 38 heavy (non-hydrogen) atoms. The van der Waals surface area contributed by atoms with Gasteiger partial charge in [0.2, 0.25) is 0 Å². The molecule has 3 nitrogen and oxygen atoms in total. The molecule has 2 aromatic rings. The molecule has 0 unspecified atom stereocenters. The van der Waals surface area contributed by atoms with Gasteiger partial charge in [0, 0.05) is 23.6 Å². The molecular weight excluding hydrogens is 517 g/mol.